The number of fused-ring (bicyclic) bond motifs is 1. The molecule has 0 saturated carbocycles. The smallest absolute Gasteiger partial charge is 0.136 e. The number of aromatic nitrogens is 1. The van der Waals surface area contributed by atoms with Crippen molar-refractivity contribution in [3.63, 3.8) is 0 Å². The molecule has 4 heteroatoms. The Morgan fingerprint density at radius 1 is 1.20 bits per heavy atom. The largest absolute Gasteiger partial charge is 0.377 e. The number of anilines is 1. The Labute approximate surface area is 124 Å². The first-order valence-corrected chi connectivity index (χ1v) is 7.68. The first-order chi connectivity index (χ1) is 9.88. The van der Waals surface area contributed by atoms with Crippen LogP contribution in [0.3, 0.4) is 0 Å². The number of benzene rings is 1. The molecule has 0 amide bonds. The molecule has 0 unspecified atom stereocenters. The first kappa shape index (κ1) is 13.7. The van der Waals surface area contributed by atoms with Gasteiger partial charge in [0.15, 0.2) is 0 Å². The Bertz CT molecular complexity index is 562. The quantitative estimate of drug-likeness (QED) is 0.807. The van der Waals surface area contributed by atoms with Gasteiger partial charge in [-0.25, -0.2) is 4.98 Å². The molecule has 106 valence electrons. The van der Waals surface area contributed by atoms with Crippen LogP contribution in [0.5, 0.6) is 0 Å². The molecule has 0 N–H and O–H groups in total. The highest BCUT2D eigenvalue weighted by atomic mass is 35.5. The van der Waals surface area contributed by atoms with Gasteiger partial charge in [-0.05, 0) is 24.3 Å². The minimum Gasteiger partial charge on any atom is -0.377 e. The lowest BCUT2D eigenvalue weighted by Crippen LogP contribution is -2.37. The second-order valence-electron chi connectivity index (χ2n) is 5.10. The van der Waals surface area contributed by atoms with Gasteiger partial charge >= 0.3 is 0 Å². The number of rotatable bonds is 4. The van der Waals surface area contributed by atoms with E-state index in [4.69, 9.17) is 16.3 Å². The minimum absolute atomic E-state index is 0.347. The summed E-state index contributed by atoms with van der Waals surface area (Å²) in [4.78, 5) is 6.95. The predicted molar refractivity (Wildman–Crippen MR) is 83.7 cm³/mol. The van der Waals surface area contributed by atoms with E-state index in [0.29, 0.717) is 18.6 Å². The van der Waals surface area contributed by atoms with Crippen LogP contribution in [-0.4, -0.2) is 36.7 Å². The van der Waals surface area contributed by atoms with Crippen LogP contribution < -0.4 is 4.90 Å². The maximum atomic E-state index is 5.72. The van der Waals surface area contributed by atoms with E-state index >= 15 is 0 Å². The van der Waals surface area contributed by atoms with Crippen LogP contribution in [0.25, 0.3) is 10.8 Å². The topological polar surface area (TPSA) is 25.4 Å². The molecule has 3 nitrogen and oxygen atoms in total. The van der Waals surface area contributed by atoms with Crippen LogP contribution in [0.15, 0.2) is 36.5 Å². The van der Waals surface area contributed by atoms with E-state index < -0.39 is 0 Å². The van der Waals surface area contributed by atoms with Crippen LogP contribution in [0, 0.1) is 0 Å². The van der Waals surface area contributed by atoms with Gasteiger partial charge in [0.25, 0.3) is 0 Å². The van der Waals surface area contributed by atoms with E-state index in [-0.39, 0.29) is 0 Å². The van der Waals surface area contributed by atoms with Crippen LogP contribution in [0.1, 0.15) is 12.8 Å². The van der Waals surface area contributed by atoms with Crippen molar-refractivity contribution in [3.8, 4) is 0 Å². The van der Waals surface area contributed by atoms with Gasteiger partial charge in [0, 0.05) is 30.6 Å². The van der Waals surface area contributed by atoms with Crippen molar-refractivity contribution >= 4 is 28.2 Å². The number of hydrogen-bond donors (Lipinski definition) is 0. The van der Waals surface area contributed by atoms with E-state index in [1.54, 1.807) is 0 Å². The fourth-order valence-electron chi connectivity index (χ4n) is 2.80. The zero-order chi connectivity index (χ0) is 13.8. The lowest BCUT2D eigenvalue weighted by atomic mass is 10.1. The van der Waals surface area contributed by atoms with E-state index in [2.05, 4.69) is 40.2 Å². The second-order valence-corrected chi connectivity index (χ2v) is 5.48. The van der Waals surface area contributed by atoms with Gasteiger partial charge in [0.2, 0.25) is 0 Å². The molecule has 1 aromatic heterocycles. The molecule has 0 aliphatic carbocycles. The van der Waals surface area contributed by atoms with Crippen LogP contribution in [-0.2, 0) is 4.74 Å². The lowest BCUT2D eigenvalue weighted by Gasteiger charge is -2.33. The van der Waals surface area contributed by atoms with Crippen molar-refractivity contribution in [1.29, 1.82) is 0 Å². The van der Waals surface area contributed by atoms with Crippen LogP contribution in [0.2, 0.25) is 0 Å². The zero-order valence-corrected chi connectivity index (χ0v) is 12.2. The molecule has 2 aromatic rings. The summed E-state index contributed by atoms with van der Waals surface area (Å²) in [6.07, 6.45) is 4.33. The van der Waals surface area contributed by atoms with Crippen LogP contribution >= 0.6 is 11.6 Å². The summed E-state index contributed by atoms with van der Waals surface area (Å²) in [5.41, 5.74) is 0. The van der Waals surface area contributed by atoms with Gasteiger partial charge in [-0.1, -0.05) is 24.3 Å². The maximum Gasteiger partial charge on any atom is 0.136 e. The van der Waals surface area contributed by atoms with Crippen molar-refractivity contribution in [2.45, 2.75) is 18.9 Å². The standard InChI is InChI=1S/C16H19ClN2O/c17-8-12-20-14-6-10-19(11-7-14)16-15-4-2-1-3-13(15)5-9-18-16/h1-5,9,14H,6-8,10-12H2. The Hall–Kier alpha value is -1.32. The summed E-state index contributed by atoms with van der Waals surface area (Å²) in [5.74, 6) is 1.67. The third-order valence-electron chi connectivity index (χ3n) is 3.82. The Balaban J connectivity index is 1.74. The average Bonchev–Trinajstić information content (AvgIpc) is 2.53. The summed E-state index contributed by atoms with van der Waals surface area (Å²) >= 11 is 5.67. The fraction of sp³-hybridized carbons (Fsp3) is 0.438. The number of halogens is 1. The van der Waals surface area contributed by atoms with Gasteiger partial charge in [-0.3, -0.25) is 0 Å². The molecule has 3 rings (SSSR count). The van der Waals surface area contributed by atoms with Crippen LogP contribution in [0.4, 0.5) is 5.82 Å². The molecule has 1 fully saturated rings. The molecule has 0 radical (unpaired) electrons. The summed E-state index contributed by atoms with van der Waals surface area (Å²) < 4.78 is 5.72. The van der Waals surface area contributed by atoms with Gasteiger partial charge in [0.1, 0.15) is 5.82 Å². The van der Waals surface area contributed by atoms with Crippen molar-refractivity contribution < 1.29 is 4.74 Å². The molecule has 1 aliphatic heterocycles. The highest BCUT2D eigenvalue weighted by molar-refractivity contribution is 6.17. The number of hydrogen-bond acceptors (Lipinski definition) is 3. The van der Waals surface area contributed by atoms with Gasteiger partial charge in [-0.15, -0.1) is 11.6 Å². The third-order valence-corrected chi connectivity index (χ3v) is 3.98. The summed E-state index contributed by atoms with van der Waals surface area (Å²) in [5, 5.41) is 2.48. The van der Waals surface area contributed by atoms with E-state index in [9.17, 15) is 0 Å². The molecular formula is C16H19ClN2O. The monoisotopic (exact) mass is 290 g/mol. The summed E-state index contributed by atoms with van der Waals surface area (Å²) in [6, 6.07) is 10.5. The molecule has 1 aliphatic rings. The average molecular weight is 291 g/mol. The number of nitrogens with zero attached hydrogens (tertiary/aromatic N) is 2. The Morgan fingerprint density at radius 2 is 2.00 bits per heavy atom. The number of ether oxygens (including phenoxy) is 1. The number of alkyl halides is 1. The highest BCUT2D eigenvalue weighted by Gasteiger charge is 2.21. The van der Waals surface area contributed by atoms with Crippen molar-refractivity contribution in [2.75, 3.05) is 30.5 Å². The first-order valence-electron chi connectivity index (χ1n) is 7.15. The zero-order valence-electron chi connectivity index (χ0n) is 11.5. The summed E-state index contributed by atoms with van der Waals surface area (Å²) in [6.45, 7) is 2.64. The van der Waals surface area contributed by atoms with E-state index in [1.807, 2.05) is 6.20 Å². The lowest BCUT2D eigenvalue weighted by molar-refractivity contribution is 0.0471. The second kappa shape index (κ2) is 6.42. The molecule has 1 saturated heterocycles. The van der Waals surface area contributed by atoms with Gasteiger partial charge in [-0.2, -0.15) is 0 Å². The number of pyridine rings is 1. The normalized spacial score (nSPS) is 16.8. The van der Waals surface area contributed by atoms with Gasteiger partial charge in [0.05, 0.1) is 12.7 Å². The molecule has 20 heavy (non-hydrogen) atoms. The Kier molecular flexibility index (Phi) is 4.38. The minimum atomic E-state index is 0.347. The maximum absolute atomic E-state index is 5.72. The van der Waals surface area contributed by atoms with Crippen molar-refractivity contribution in [2.24, 2.45) is 0 Å². The number of piperidine rings is 1. The van der Waals surface area contributed by atoms with Crippen molar-refractivity contribution in [1.82, 2.24) is 4.98 Å². The molecular weight excluding hydrogens is 272 g/mol. The SMILES string of the molecule is ClCCOC1CCN(c2nccc3ccccc23)CC1. The molecule has 0 bridgehead atoms. The fourth-order valence-corrected chi connectivity index (χ4v) is 2.89. The third kappa shape index (κ3) is 2.89. The molecule has 1 aromatic carbocycles. The predicted octanol–water partition coefficient (Wildman–Crippen LogP) is 3.46. The summed E-state index contributed by atoms with van der Waals surface area (Å²) in [7, 11) is 0. The van der Waals surface area contributed by atoms with Gasteiger partial charge < -0.3 is 9.64 Å². The Morgan fingerprint density at radius 3 is 2.80 bits per heavy atom. The van der Waals surface area contributed by atoms with Crippen molar-refractivity contribution in [3.05, 3.63) is 36.5 Å². The molecule has 0 atom stereocenters. The van der Waals surface area contributed by atoms with E-state index in [0.717, 1.165) is 31.7 Å². The molecule has 0 spiro atoms. The highest BCUT2D eigenvalue weighted by Crippen LogP contribution is 2.27. The van der Waals surface area contributed by atoms with E-state index in [1.165, 1.54) is 10.8 Å². The molecule has 2 heterocycles.